The van der Waals surface area contributed by atoms with E-state index in [9.17, 15) is 4.79 Å². The summed E-state index contributed by atoms with van der Waals surface area (Å²) in [7, 11) is 0. The number of hydrogen-bond acceptors (Lipinski definition) is 3. The Morgan fingerprint density at radius 2 is 1.70 bits per heavy atom. The van der Waals surface area contributed by atoms with Gasteiger partial charge in [0.2, 0.25) is 0 Å². The van der Waals surface area contributed by atoms with E-state index in [4.69, 9.17) is 9.84 Å². The van der Waals surface area contributed by atoms with Gasteiger partial charge in [0.1, 0.15) is 18.4 Å². The van der Waals surface area contributed by atoms with Crippen LogP contribution >= 0.6 is 0 Å². The summed E-state index contributed by atoms with van der Waals surface area (Å²) in [5, 5.41) is 12.2. The number of ether oxygens (including phenoxy) is 1. The molecule has 0 bridgehead atoms. The van der Waals surface area contributed by atoms with Gasteiger partial charge in [-0.1, -0.05) is 56.3 Å². The smallest absolute Gasteiger partial charge is 0.320 e. The van der Waals surface area contributed by atoms with Gasteiger partial charge >= 0.3 is 5.97 Å². The highest BCUT2D eigenvalue weighted by Crippen LogP contribution is 2.14. The molecule has 0 heterocycles. The number of carboxylic acid groups (broad SMARTS) is 1. The van der Waals surface area contributed by atoms with Gasteiger partial charge in [-0.3, -0.25) is 4.79 Å². The third-order valence-corrected chi connectivity index (χ3v) is 3.63. The van der Waals surface area contributed by atoms with Gasteiger partial charge < -0.3 is 15.2 Å². The standard InChI is InChI=1S/C19H23NO3/c1-14(2)18(19(21)22)20-12-15-8-10-17(11-9-15)23-13-16-6-4-3-5-7-16/h3-11,14,18,20H,12-13H2,1-2H3,(H,21,22)/t18-/m1/s1. The molecular formula is C19H23NO3. The van der Waals surface area contributed by atoms with Crippen molar-refractivity contribution in [3.8, 4) is 5.75 Å². The second kappa shape index (κ2) is 8.34. The number of aliphatic carboxylic acids is 1. The van der Waals surface area contributed by atoms with Gasteiger partial charge in [-0.15, -0.1) is 0 Å². The van der Waals surface area contributed by atoms with Gasteiger partial charge in [0.15, 0.2) is 0 Å². The maximum Gasteiger partial charge on any atom is 0.320 e. The second-order valence-electron chi connectivity index (χ2n) is 5.86. The summed E-state index contributed by atoms with van der Waals surface area (Å²) in [5.41, 5.74) is 2.16. The van der Waals surface area contributed by atoms with Crippen LogP contribution in [0.4, 0.5) is 0 Å². The Balaban J connectivity index is 1.85. The summed E-state index contributed by atoms with van der Waals surface area (Å²) < 4.78 is 5.73. The lowest BCUT2D eigenvalue weighted by molar-refractivity contribution is -0.140. The topological polar surface area (TPSA) is 58.6 Å². The van der Waals surface area contributed by atoms with Crippen molar-refractivity contribution in [3.05, 3.63) is 65.7 Å². The van der Waals surface area contributed by atoms with Crippen molar-refractivity contribution in [1.29, 1.82) is 0 Å². The van der Waals surface area contributed by atoms with Crippen LogP contribution in [0.5, 0.6) is 5.75 Å². The number of carbonyl (C=O) groups is 1. The molecule has 122 valence electrons. The summed E-state index contributed by atoms with van der Waals surface area (Å²) in [6.07, 6.45) is 0. The maximum absolute atomic E-state index is 11.2. The largest absolute Gasteiger partial charge is 0.489 e. The summed E-state index contributed by atoms with van der Waals surface area (Å²) in [6, 6.07) is 17.2. The molecule has 2 rings (SSSR count). The van der Waals surface area contributed by atoms with Crippen LogP contribution in [0.2, 0.25) is 0 Å². The molecule has 0 fully saturated rings. The zero-order valence-electron chi connectivity index (χ0n) is 13.5. The van der Waals surface area contributed by atoms with Crippen LogP contribution in [-0.4, -0.2) is 17.1 Å². The first-order valence-corrected chi connectivity index (χ1v) is 7.78. The van der Waals surface area contributed by atoms with Gasteiger partial charge in [0, 0.05) is 6.54 Å². The molecule has 0 spiro atoms. The third-order valence-electron chi connectivity index (χ3n) is 3.63. The predicted molar refractivity (Wildman–Crippen MR) is 90.3 cm³/mol. The van der Waals surface area contributed by atoms with Crippen LogP contribution in [-0.2, 0) is 17.9 Å². The van der Waals surface area contributed by atoms with E-state index in [2.05, 4.69) is 5.32 Å². The number of benzene rings is 2. The van der Waals surface area contributed by atoms with Crippen LogP contribution in [0.1, 0.15) is 25.0 Å². The fraction of sp³-hybridized carbons (Fsp3) is 0.316. The van der Waals surface area contributed by atoms with Crippen molar-refractivity contribution in [2.24, 2.45) is 5.92 Å². The van der Waals surface area contributed by atoms with Crippen LogP contribution in [0, 0.1) is 5.92 Å². The molecule has 0 aliphatic heterocycles. The molecule has 2 aromatic rings. The molecule has 2 N–H and O–H groups in total. The molecule has 23 heavy (non-hydrogen) atoms. The van der Waals surface area contributed by atoms with Crippen molar-refractivity contribution in [3.63, 3.8) is 0 Å². The van der Waals surface area contributed by atoms with Crippen molar-refractivity contribution < 1.29 is 14.6 Å². The van der Waals surface area contributed by atoms with Gasteiger partial charge in [0.25, 0.3) is 0 Å². The zero-order chi connectivity index (χ0) is 16.7. The Hall–Kier alpha value is -2.33. The van der Waals surface area contributed by atoms with E-state index in [1.807, 2.05) is 68.4 Å². The average molecular weight is 313 g/mol. The molecule has 4 heteroatoms. The number of nitrogens with one attached hydrogen (secondary N) is 1. The minimum Gasteiger partial charge on any atom is -0.489 e. The van der Waals surface area contributed by atoms with Crippen LogP contribution < -0.4 is 10.1 Å². The van der Waals surface area contributed by atoms with E-state index < -0.39 is 12.0 Å². The highest BCUT2D eigenvalue weighted by Gasteiger charge is 2.20. The lowest BCUT2D eigenvalue weighted by Crippen LogP contribution is -2.40. The lowest BCUT2D eigenvalue weighted by Gasteiger charge is -2.18. The quantitative estimate of drug-likeness (QED) is 0.783. The molecule has 1 atom stereocenters. The van der Waals surface area contributed by atoms with E-state index in [1.165, 1.54) is 0 Å². The number of carboxylic acids is 1. The number of hydrogen-bond donors (Lipinski definition) is 2. The first-order valence-electron chi connectivity index (χ1n) is 7.78. The molecule has 2 aromatic carbocycles. The minimum atomic E-state index is -0.817. The summed E-state index contributed by atoms with van der Waals surface area (Å²) >= 11 is 0. The monoisotopic (exact) mass is 313 g/mol. The molecular weight excluding hydrogens is 290 g/mol. The molecule has 0 amide bonds. The SMILES string of the molecule is CC(C)[C@@H](NCc1ccc(OCc2ccccc2)cc1)C(=O)O. The van der Waals surface area contributed by atoms with E-state index in [-0.39, 0.29) is 5.92 Å². The first kappa shape index (κ1) is 17.0. The van der Waals surface area contributed by atoms with Gasteiger partial charge in [-0.25, -0.2) is 0 Å². The molecule has 0 aliphatic carbocycles. The molecule has 0 saturated heterocycles. The minimum absolute atomic E-state index is 0.0426. The van der Waals surface area contributed by atoms with Gasteiger partial charge in [-0.2, -0.15) is 0 Å². The van der Waals surface area contributed by atoms with E-state index >= 15 is 0 Å². The summed E-state index contributed by atoms with van der Waals surface area (Å²) in [5.74, 6) is 0.0278. The highest BCUT2D eigenvalue weighted by molar-refractivity contribution is 5.73. The zero-order valence-corrected chi connectivity index (χ0v) is 13.5. The molecule has 0 aliphatic rings. The Morgan fingerprint density at radius 3 is 2.26 bits per heavy atom. The Bertz CT molecular complexity index is 608. The molecule has 4 nitrogen and oxygen atoms in total. The summed E-state index contributed by atoms with van der Waals surface area (Å²) in [6.45, 7) is 4.85. The normalized spacial score (nSPS) is 12.1. The van der Waals surface area contributed by atoms with Crippen LogP contribution in [0.15, 0.2) is 54.6 Å². The fourth-order valence-corrected chi connectivity index (χ4v) is 2.28. The predicted octanol–water partition coefficient (Wildman–Crippen LogP) is 3.46. The molecule has 0 unspecified atom stereocenters. The van der Waals surface area contributed by atoms with Crippen LogP contribution in [0.25, 0.3) is 0 Å². The fourth-order valence-electron chi connectivity index (χ4n) is 2.28. The van der Waals surface area contributed by atoms with Gasteiger partial charge in [0.05, 0.1) is 0 Å². The van der Waals surface area contributed by atoms with E-state index in [0.29, 0.717) is 13.2 Å². The number of rotatable bonds is 8. The Morgan fingerprint density at radius 1 is 1.04 bits per heavy atom. The van der Waals surface area contributed by atoms with Crippen molar-refractivity contribution >= 4 is 5.97 Å². The van der Waals surface area contributed by atoms with Crippen molar-refractivity contribution in [2.45, 2.75) is 33.0 Å². The molecule has 0 radical (unpaired) electrons. The third kappa shape index (κ3) is 5.42. The summed E-state index contributed by atoms with van der Waals surface area (Å²) in [4.78, 5) is 11.2. The van der Waals surface area contributed by atoms with Crippen molar-refractivity contribution in [2.75, 3.05) is 0 Å². The maximum atomic E-state index is 11.2. The second-order valence-corrected chi connectivity index (χ2v) is 5.86. The Labute approximate surface area is 137 Å². The van der Waals surface area contributed by atoms with E-state index in [1.54, 1.807) is 0 Å². The molecule has 0 aromatic heterocycles. The molecule has 0 saturated carbocycles. The average Bonchev–Trinajstić information content (AvgIpc) is 2.54. The van der Waals surface area contributed by atoms with Crippen LogP contribution in [0.3, 0.4) is 0 Å². The van der Waals surface area contributed by atoms with Crippen molar-refractivity contribution in [1.82, 2.24) is 5.32 Å². The highest BCUT2D eigenvalue weighted by atomic mass is 16.5. The lowest BCUT2D eigenvalue weighted by atomic mass is 10.0. The first-order chi connectivity index (χ1) is 11.1. The Kier molecular flexibility index (Phi) is 6.18. The van der Waals surface area contributed by atoms with Gasteiger partial charge in [-0.05, 0) is 29.2 Å². The van der Waals surface area contributed by atoms with E-state index in [0.717, 1.165) is 16.9 Å².